The number of halogens is 2. The van der Waals surface area contributed by atoms with E-state index in [1.165, 1.54) is 0 Å². The van der Waals surface area contributed by atoms with Crippen LogP contribution in [-0.4, -0.2) is 9.97 Å². The third kappa shape index (κ3) is 2.89. The second-order valence-electron chi connectivity index (χ2n) is 5.35. The molecule has 4 aromatic rings. The first-order valence-corrected chi connectivity index (χ1v) is 9.02. The molecule has 4 rings (SSSR count). The van der Waals surface area contributed by atoms with Crippen LogP contribution < -0.4 is 4.74 Å². The van der Waals surface area contributed by atoms with E-state index in [4.69, 9.17) is 14.7 Å². The second kappa shape index (κ2) is 6.49. The normalized spacial score (nSPS) is 11.1. The van der Waals surface area contributed by atoms with Gasteiger partial charge in [0, 0.05) is 4.47 Å². The molecular weight excluding hydrogens is 432 g/mol. The molecule has 0 aliphatic heterocycles. The molecule has 0 atom stereocenters. The lowest BCUT2D eigenvalue weighted by Gasteiger charge is -2.12. The van der Waals surface area contributed by atoms with Crippen LogP contribution in [0.2, 0.25) is 0 Å². The summed E-state index contributed by atoms with van der Waals surface area (Å²) >= 11 is 7.16. The molecule has 1 aromatic heterocycles. The van der Waals surface area contributed by atoms with Crippen LogP contribution in [-0.2, 0) is 6.61 Å². The average molecular weight is 444 g/mol. The molecule has 0 aliphatic carbocycles. The maximum Gasteiger partial charge on any atom is 0.161 e. The quantitative estimate of drug-likeness (QED) is 0.370. The van der Waals surface area contributed by atoms with Gasteiger partial charge in [0.15, 0.2) is 5.75 Å². The summed E-state index contributed by atoms with van der Waals surface area (Å²) in [6, 6.07) is 19.9. The first-order valence-electron chi connectivity index (χ1n) is 7.43. The smallest absolute Gasteiger partial charge is 0.161 e. The van der Waals surface area contributed by atoms with E-state index < -0.39 is 0 Å². The van der Waals surface area contributed by atoms with Crippen molar-refractivity contribution in [3.63, 3.8) is 0 Å². The number of hydrogen-bond donors (Lipinski definition) is 0. The van der Waals surface area contributed by atoms with Crippen molar-refractivity contribution in [3.8, 4) is 5.75 Å². The van der Waals surface area contributed by atoms with Crippen molar-refractivity contribution in [1.29, 1.82) is 0 Å². The summed E-state index contributed by atoms with van der Waals surface area (Å²) in [6.45, 7) is 0.477. The Morgan fingerprint density at radius 2 is 1.38 bits per heavy atom. The van der Waals surface area contributed by atoms with Crippen LogP contribution in [0.4, 0.5) is 0 Å². The summed E-state index contributed by atoms with van der Waals surface area (Å²) in [5, 5.41) is 0. The van der Waals surface area contributed by atoms with Crippen molar-refractivity contribution >= 4 is 53.9 Å². The fourth-order valence-corrected chi connectivity index (χ4v) is 3.89. The van der Waals surface area contributed by atoms with Gasteiger partial charge >= 0.3 is 0 Å². The number of aromatic nitrogens is 2. The molecular formula is C19H12Br2N2O. The summed E-state index contributed by atoms with van der Waals surface area (Å²) in [4.78, 5) is 9.49. The van der Waals surface area contributed by atoms with Gasteiger partial charge in [0.05, 0.1) is 15.5 Å². The van der Waals surface area contributed by atoms with Crippen molar-refractivity contribution in [2.75, 3.05) is 0 Å². The van der Waals surface area contributed by atoms with Crippen LogP contribution in [0.3, 0.4) is 0 Å². The van der Waals surface area contributed by atoms with Crippen LogP contribution >= 0.6 is 31.9 Å². The van der Waals surface area contributed by atoms with Gasteiger partial charge in [-0.25, -0.2) is 9.97 Å². The molecule has 24 heavy (non-hydrogen) atoms. The highest BCUT2D eigenvalue weighted by Crippen LogP contribution is 2.37. The van der Waals surface area contributed by atoms with Crippen molar-refractivity contribution in [2.45, 2.75) is 6.61 Å². The Labute approximate surface area is 156 Å². The minimum Gasteiger partial charge on any atom is -0.485 e. The highest BCUT2D eigenvalue weighted by atomic mass is 79.9. The van der Waals surface area contributed by atoms with Gasteiger partial charge in [-0.2, -0.15) is 0 Å². The van der Waals surface area contributed by atoms with Gasteiger partial charge in [0.2, 0.25) is 0 Å². The first-order chi connectivity index (χ1) is 11.7. The van der Waals surface area contributed by atoms with E-state index in [1.54, 1.807) is 0 Å². The molecule has 0 radical (unpaired) electrons. The lowest BCUT2D eigenvalue weighted by Crippen LogP contribution is -1.99. The Morgan fingerprint density at radius 1 is 0.750 bits per heavy atom. The minimum absolute atomic E-state index is 0.477. The molecule has 0 saturated carbocycles. The Kier molecular flexibility index (Phi) is 4.21. The van der Waals surface area contributed by atoms with Crippen molar-refractivity contribution < 1.29 is 4.74 Å². The Hall–Kier alpha value is -1.98. The molecule has 0 fully saturated rings. The van der Waals surface area contributed by atoms with Crippen molar-refractivity contribution in [1.82, 2.24) is 9.97 Å². The van der Waals surface area contributed by atoms with E-state index in [-0.39, 0.29) is 0 Å². The number of nitrogens with zero attached hydrogens (tertiary/aromatic N) is 2. The fraction of sp³-hybridized carbons (Fsp3) is 0.0526. The highest BCUT2D eigenvalue weighted by Gasteiger charge is 2.15. The number of para-hydroxylation sites is 2. The zero-order chi connectivity index (χ0) is 16.5. The van der Waals surface area contributed by atoms with Gasteiger partial charge in [0.1, 0.15) is 17.6 Å². The second-order valence-corrected chi connectivity index (χ2v) is 7.06. The van der Waals surface area contributed by atoms with Gasteiger partial charge in [0.25, 0.3) is 0 Å². The van der Waals surface area contributed by atoms with Gasteiger partial charge in [-0.05, 0) is 55.6 Å². The number of fused-ring (bicyclic) bond motifs is 2. The lowest BCUT2D eigenvalue weighted by atomic mass is 10.2. The maximum absolute atomic E-state index is 6.07. The summed E-state index contributed by atoms with van der Waals surface area (Å²) < 4.78 is 7.80. The van der Waals surface area contributed by atoms with Crippen LogP contribution in [0.15, 0.2) is 69.6 Å². The monoisotopic (exact) mass is 442 g/mol. The molecule has 5 heteroatoms. The third-order valence-electron chi connectivity index (χ3n) is 3.71. The first kappa shape index (κ1) is 15.5. The third-order valence-corrected chi connectivity index (χ3v) is 4.90. The van der Waals surface area contributed by atoms with Crippen LogP contribution in [0, 0.1) is 0 Å². The van der Waals surface area contributed by atoms with Crippen LogP contribution in [0.5, 0.6) is 5.75 Å². The van der Waals surface area contributed by atoms with Gasteiger partial charge < -0.3 is 4.74 Å². The van der Waals surface area contributed by atoms with E-state index in [0.29, 0.717) is 12.4 Å². The van der Waals surface area contributed by atoms with Gasteiger partial charge in [-0.15, -0.1) is 0 Å². The zero-order valence-corrected chi connectivity index (χ0v) is 15.7. The van der Waals surface area contributed by atoms with E-state index in [9.17, 15) is 0 Å². The van der Waals surface area contributed by atoms with Crippen LogP contribution in [0.1, 0.15) is 5.56 Å². The van der Waals surface area contributed by atoms with E-state index >= 15 is 0 Å². The predicted octanol–water partition coefficient (Wildman–Crippen LogP) is 5.89. The standard InChI is InChI=1S/C19H12Br2N2O/c20-13-10-14(21)19(24-11-12-6-2-1-3-7-12)18-17(13)22-15-8-4-5-9-16(15)23-18/h1-10H,11H2. The molecule has 0 N–H and O–H groups in total. The molecule has 0 saturated heterocycles. The van der Waals surface area contributed by atoms with Gasteiger partial charge in [-0.1, -0.05) is 42.5 Å². The number of benzene rings is 3. The summed E-state index contributed by atoms with van der Waals surface area (Å²) in [5.74, 6) is 0.704. The molecule has 0 aliphatic rings. The average Bonchev–Trinajstić information content (AvgIpc) is 2.61. The summed E-state index contributed by atoms with van der Waals surface area (Å²) in [7, 11) is 0. The predicted molar refractivity (Wildman–Crippen MR) is 103 cm³/mol. The van der Waals surface area contributed by atoms with E-state index in [1.807, 2.05) is 60.7 Å². The topological polar surface area (TPSA) is 35.0 Å². The van der Waals surface area contributed by atoms with Crippen LogP contribution in [0.25, 0.3) is 22.1 Å². The Morgan fingerprint density at radius 3 is 2.08 bits per heavy atom. The van der Waals surface area contributed by atoms with E-state index in [0.717, 1.165) is 36.6 Å². The maximum atomic E-state index is 6.07. The number of ether oxygens (including phenoxy) is 1. The van der Waals surface area contributed by atoms with E-state index in [2.05, 4.69) is 31.9 Å². The fourth-order valence-electron chi connectivity index (χ4n) is 2.55. The van der Waals surface area contributed by atoms with Gasteiger partial charge in [-0.3, -0.25) is 0 Å². The highest BCUT2D eigenvalue weighted by molar-refractivity contribution is 9.11. The molecule has 0 amide bonds. The summed E-state index contributed by atoms with van der Waals surface area (Å²) in [6.07, 6.45) is 0. The molecule has 118 valence electrons. The number of rotatable bonds is 3. The molecule has 3 nitrogen and oxygen atoms in total. The van der Waals surface area contributed by atoms with Crippen molar-refractivity contribution in [2.24, 2.45) is 0 Å². The Bertz CT molecular complexity index is 1040. The number of hydrogen-bond acceptors (Lipinski definition) is 3. The summed E-state index contributed by atoms with van der Waals surface area (Å²) in [5.41, 5.74) is 4.35. The molecule has 1 heterocycles. The zero-order valence-electron chi connectivity index (χ0n) is 12.5. The lowest BCUT2D eigenvalue weighted by molar-refractivity contribution is 0.307. The van der Waals surface area contributed by atoms with Crippen molar-refractivity contribution in [3.05, 3.63) is 75.2 Å². The Balaban J connectivity index is 1.85. The molecule has 0 spiro atoms. The minimum atomic E-state index is 0.477. The molecule has 0 bridgehead atoms. The SMILES string of the molecule is Brc1cc(Br)c2nc3ccccc3nc2c1OCc1ccccc1. The molecule has 3 aromatic carbocycles. The largest absolute Gasteiger partial charge is 0.485 e. The molecule has 0 unspecified atom stereocenters.